The van der Waals surface area contributed by atoms with Crippen LogP contribution in [0.5, 0.6) is 0 Å². The summed E-state index contributed by atoms with van der Waals surface area (Å²) >= 11 is 0. The minimum atomic E-state index is -1.10. The van der Waals surface area contributed by atoms with E-state index >= 15 is 0 Å². The van der Waals surface area contributed by atoms with Gasteiger partial charge >= 0.3 is 0 Å². The van der Waals surface area contributed by atoms with Gasteiger partial charge in [-0.15, -0.1) is 0 Å². The van der Waals surface area contributed by atoms with Crippen LogP contribution in [0.4, 0.5) is 4.39 Å². The van der Waals surface area contributed by atoms with Crippen LogP contribution in [0.2, 0.25) is 0 Å². The van der Waals surface area contributed by atoms with Crippen molar-refractivity contribution in [1.82, 2.24) is 0 Å². The van der Waals surface area contributed by atoms with E-state index in [1.54, 1.807) is 13.8 Å². The van der Waals surface area contributed by atoms with Crippen LogP contribution < -0.4 is 0 Å². The second kappa shape index (κ2) is 18.8. The zero-order valence-electron chi connectivity index (χ0n) is 23.8. The minimum Gasteiger partial charge on any atom is -0.244 e. The molecule has 0 spiro atoms. The van der Waals surface area contributed by atoms with Crippen LogP contribution in [-0.4, -0.2) is 5.67 Å². The summed E-state index contributed by atoms with van der Waals surface area (Å²) in [7, 11) is 0. The van der Waals surface area contributed by atoms with Crippen molar-refractivity contribution in [2.24, 2.45) is 11.8 Å². The third kappa shape index (κ3) is 17.5. The molecule has 0 aliphatic carbocycles. The molecule has 1 rings (SSSR count). The Balaban J connectivity index is 0. The fraction of sp³-hybridized carbons (Fsp3) is 0.625. The van der Waals surface area contributed by atoms with E-state index in [0.717, 1.165) is 29.0 Å². The van der Waals surface area contributed by atoms with Gasteiger partial charge in [0.1, 0.15) is 5.67 Å². The van der Waals surface area contributed by atoms with Crippen LogP contribution in [-0.2, 0) is 12.8 Å². The first kappa shape index (κ1) is 33.5. The van der Waals surface area contributed by atoms with Gasteiger partial charge < -0.3 is 0 Å². The molecule has 1 aromatic rings. The molecule has 1 heteroatoms. The molecule has 0 amide bonds. The Morgan fingerprint density at radius 1 is 1.00 bits per heavy atom. The molecule has 0 aromatic heterocycles. The monoisotopic (exact) mass is 458 g/mol. The molecule has 0 unspecified atom stereocenters. The van der Waals surface area contributed by atoms with Crippen LogP contribution in [0.3, 0.4) is 0 Å². The highest BCUT2D eigenvalue weighted by molar-refractivity contribution is 5.42. The fourth-order valence-corrected chi connectivity index (χ4v) is 3.92. The van der Waals surface area contributed by atoms with Crippen molar-refractivity contribution < 1.29 is 4.39 Å². The van der Waals surface area contributed by atoms with Gasteiger partial charge in [-0.05, 0) is 68.2 Å². The molecule has 0 bridgehead atoms. The minimum absolute atomic E-state index is 0.501. The van der Waals surface area contributed by atoms with Crippen molar-refractivity contribution in [2.75, 3.05) is 0 Å². The number of hydrogen-bond donors (Lipinski definition) is 0. The highest BCUT2D eigenvalue weighted by atomic mass is 19.1. The van der Waals surface area contributed by atoms with E-state index in [4.69, 9.17) is 0 Å². The van der Waals surface area contributed by atoms with Crippen molar-refractivity contribution in [3.63, 3.8) is 0 Å². The normalized spacial score (nSPS) is 11.5. The number of rotatable bonds is 11. The molecule has 0 atom stereocenters. The second-order valence-corrected chi connectivity index (χ2v) is 10.1. The van der Waals surface area contributed by atoms with Crippen molar-refractivity contribution in [1.29, 1.82) is 0 Å². The molecule has 0 heterocycles. The highest BCUT2D eigenvalue weighted by Crippen LogP contribution is 2.22. The average molecular weight is 459 g/mol. The Morgan fingerprint density at radius 3 is 1.82 bits per heavy atom. The van der Waals surface area contributed by atoms with E-state index < -0.39 is 5.67 Å². The van der Waals surface area contributed by atoms with Gasteiger partial charge in [-0.1, -0.05) is 123 Å². The summed E-state index contributed by atoms with van der Waals surface area (Å²) in [6.07, 6.45) is 10.6. The Kier molecular flexibility index (Phi) is 19.1. The molecule has 0 fully saturated rings. The Bertz CT molecular complexity index is 679. The second-order valence-electron chi connectivity index (χ2n) is 10.1. The highest BCUT2D eigenvalue weighted by Gasteiger charge is 2.15. The molecule has 0 saturated carbocycles. The van der Waals surface area contributed by atoms with Crippen molar-refractivity contribution in [2.45, 2.75) is 120 Å². The lowest BCUT2D eigenvalue weighted by Gasteiger charge is -2.14. The molecule has 0 saturated heterocycles. The maximum Gasteiger partial charge on any atom is 0.109 e. The molecule has 0 aliphatic rings. The predicted octanol–water partition coefficient (Wildman–Crippen LogP) is 10.9. The average Bonchev–Trinajstić information content (AvgIpc) is 2.73. The molecule has 1 aromatic carbocycles. The Morgan fingerprint density at radius 2 is 1.52 bits per heavy atom. The molecular weight excluding hydrogens is 403 g/mol. The fourth-order valence-electron chi connectivity index (χ4n) is 3.92. The zero-order valence-corrected chi connectivity index (χ0v) is 23.8. The molecular formula is C32H55F. The number of aryl methyl sites for hydroxylation is 1. The van der Waals surface area contributed by atoms with Crippen LogP contribution in [0.1, 0.15) is 112 Å². The van der Waals surface area contributed by atoms with Crippen molar-refractivity contribution in [3.8, 4) is 0 Å². The van der Waals surface area contributed by atoms with E-state index in [1.165, 1.54) is 43.2 Å². The number of halogens is 1. The Hall–Kier alpha value is -1.63. The number of allylic oxidation sites excluding steroid dienone is 4. The summed E-state index contributed by atoms with van der Waals surface area (Å²) in [4.78, 5) is 0. The summed E-state index contributed by atoms with van der Waals surface area (Å²) in [5.74, 6) is 1.56. The summed E-state index contributed by atoms with van der Waals surface area (Å²) in [6, 6.07) is 8.15. The molecule has 0 nitrogen and oxygen atoms in total. The third-order valence-electron chi connectivity index (χ3n) is 5.79. The topological polar surface area (TPSA) is 0 Å². The van der Waals surface area contributed by atoms with Gasteiger partial charge in [0.2, 0.25) is 0 Å². The lowest BCUT2D eigenvalue weighted by Crippen LogP contribution is -2.15. The maximum absolute atomic E-state index is 13.3. The summed E-state index contributed by atoms with van der Waals surface area (Å²) in [6.45, 7) is 28.4. The third-order valence-corrected chi connectivity index (χ3v) is 5.79. The zero-order chi connectivity index (χ0) is 26.0. The van der Waals surface area contributed by atoms with E-state index in [9.17, 15) is 4.39 Å². The molecule has 0 radical (unpaired) electrons. The molecule has 0 aliphatic heterocycles. The number of benzene rings is 1. The van der Waals surface area contributed by atoms with Gasteiger partial charge in [0, 0.05) is 6.42 Å². The first-order chi connectivity index (χ1) is 15.4. The van der Waals surface area contributed by atoms with E-state index in [2.05, 4.69) is 72.9 Å². The number of hydrogen-bond acceptors (Lipinski definition) is 0. The summed E-state index contributed by atoms with van der Waals surface area (Å²) in [5.41, 5.74) is 4.72. The van der Waals surface area contributed by atoms with Gasteiger partial charge in [0.25, 0.3) is 0 Å². The predicted molar refractivity (Wildman–Crippen MR) is 151 cm³/mol. The van der Waals surface area contributed by atoms with Crippen LogP contribution >= 0.6 is 0 Å². The summed E-state index contributed by atoms with van der Waals surface area (Å²) < 4.78 is 13.3. The number of alkyl halides is 1. The quantitative estimate of drug-likeness (QED) is 0.289. The smallest absolute Gasteiger partial charge is 0.109 e. The SMILES string of the molecule is C=C(C)C(=C)/C(=C\C)C(C)C.CCCC(CC)CCC.CCc1cccc(CC(C)(C)F)c1. The first-order valence-corrected chi connectivity index (χ1v) is 13.1. The van der Waals surface area contributed by atoms with Gasteiger partial charge in [-0.25, -0.2) is 4.39 Å². The van der Waals surface area contributed by atoms with Gasteiger partial charge in [0.15, 0.2) is 0 Å². The molecule has 33 heavy (non-hydrogen) atoms. The van der Waals surface area contributed by atoms with E-state index in [0.29, 0.717) is 12.3 Å². The maximum atomic E-state index is 13.3. The lowest BCUT2D eigenvalue weighted by atomic mass is 9.92. The Labute approximate surface area is 207 Å². The lowest BCUT2D eigenvalue weighted by molar-refractivity contribution is 0.217. The molecule has 0 N–H and O–H groups in total. The van der Waals surface area contributed by atoms with Gasteiger partial charge in [-0.3, -0.25) is 0 Å². The summed E-state index contributed by atoms with van der Waals surface area (Å²) in [5, 5.41) is 0. The van der Waals surface area contributed by atoms with Gasteiger partial charge in [0.05, 0.1) is 0 Å². The van der Waals surface area contributed by atoms with Crippen molar-refractivity contribution in [3.05, 3.63) is 71.3 Å². The van der Waals surface area contributed by atoms with Crippen LogP contribution in [0.25, 0.3) is 0 Å². The standard InChI is InChI=1S/C12H17F.C11H18.C9H20/c1-4-10-6-5-7-11(8-10)9-12(2,3)13;1-7-11(9(4)5)10(6)8(2)3;1-4-7-9(6-3)8-5-2/h5-8H,4,9H2,1-3H3;7,9H,2,6H2,1,3-5H3;9H,4-8H2,1-3H3/b;11-7-;. The van der Waals surface area contributed by atoms with Crippen LogP contribution in [0, 0.1) is 11.8 Å². The first-order valence-electron chi connectivity index (χ1n) is 13.1. The van der Waals surface area contributed by atoms with E-state index in [-0.39, 0.29) is 0 Å². The molecule has 190 valence electrons. The van der Waals surface area contributed by atoms with Crippen LogP contribution in [0.15, 0.2) is 60.2 Å². The largest absolute Gasteiger partial charge is 0.244 e. The van der Waals surface area contributed by atoms with Gasteiger partial charge in [-0.2, -0.15) is 0 Å². The van der Waals surface area contributed by atoms with Crippen molar-refractivity contribution >= 4 is 0 Å². The van der Waals surface area contributed by atoms with E-state index in [1.807, 2.05) is 26.0 Å².